The fourth-order valence-corrected chi connectivity index (χ4v) is 2.50. The summed E-state index contributed by atoms with van der Waals surface area (Å²) in [6, 6.07) is 12.6. The first kappa shape index (κ1) is 21.1. The van der Waals surface area contributed by atoms with Gasteiger partial charge in [-0.3, -0.25) is 4.79 Å². The van der Waals surface area contributed by atoms with E-state index in [1.165, 1.54) is 33.3 Å². The number of carbonyl (C=O) groups is 2. The summed E-state index contributed by atoms with van der Waals surface area (Å²) < 4.78 is 16.6. The first-order valence-electron chi connectivity index (χ1n) is 8.83. The first-order chi connectivity index (χ1) is 13.3. The lowest BCUT2D eigenvalue weighted by Crippen LogP contribution is -2.51. The van der Waals surface area contributed by atoms with Crippen molar-refractivity contribution in [2.75, 3.05) is 14.2 Å². The highest BCUT2D eigenvalue weighted by molar-refractivity contribution is 5.98. The predicted molar refractivity (Wildman–Crippen MR) is 104 cm³/mol. The average Bonchev–Trinajstić information content (AvgIpc) is 2.71. The lowest BCUT2D eigenvalue weighted by atomic mass is 9.98. The Morgan fingerprint density at radius 1 is 1.07 bits per heavy atom. The number of aliphatic carboxylic acids is 1. The zero-order valence-electron chi connectivity index (χ0n) is 16.4. The molecule has 2 aromatic carbocycles. The maximum Gasteiger partial charge on any atom is 0.329 e. The van der Waals surface area contributed by atoms with Crippen molar-refractivity contribution in [3.63, 3.8) is 0 Å². The molecule has 0 spiro atoms. The molecule has 0 aliphatic heterocycles. The summed E-state index contributed by atoms with van der Waals surface area (Å²) in [6.45, 7) is 3.45. The molecule has 0 aliphatic carbocycles. The zero-order valence-corrected chi connectivity index (χ0v) is 16.4. The smallest absolute Gasteiger partial charge is 0.329 e. The highest BCUT2D eigenvalue weighted by Gasteiger charge is 2.33. The molecule has 0 fully saturated rings. The van der Waals surface area contributed by atoms with Gasteiger partial charge in [-0.05, 0) is 31.0 Å². The second-order valence-electron chi connectivity index (χ2n) is 6.43. The molecule has 0 saturated heterocycles. The van der Waals surface area contributed by atoms with E-state index < -0.39 is 17.4 Å². The van der Waals surface area contributed by atoms with Gasteiger partial charge in [-0.1, -0.05) is 37.3 Å². The number of hydrogen-bond donors (Lipinski definition) is 2. The van der Waals surface area contributed by atoms with Crippen LogP contribution in [0.15, 0.2) is 42.5 Å². The van der Waals surface area contributed by atoms with Crippen molar-refractivity contribution >= 4 is 11.9 Å². The van der Waals surface area contributed by atoms with Gasteiger partial charge in [-0.25, -0.2) is 4.79 Å². The van der Waals surface area contributed by atoms with Gasteiger partial charge < -0.3 is 24.6 Å². The van der Waals surface area contributed by atoms with Crippen molar-refractivity contribution in [1.82, 2.24) is 5.32 Å². The Hall–Kier alpha value is -3.22. The minimum absolute atomic E-state index is 0.210. The van der Waals surface area contributed by atoms with E-state index >= 15 is 0 Å². The van der Waals surface area contributed by atoms with Crippen LogP contribution < -0.4 is 19.5 Å². The summed E-state index contributed by atoms with van der Waals surface area (Å²) >= 11 is 0. The molecule has 0 aromatic heterocycles. The van der Waals surface area contributed by atoms with Crippen molar-refractivity contribution in [2.24, 2.45) is 0 Å². The van der Waals surface area contributed by atoms with Gasteiger partial charge in [0.2, 0.25) is 5.75 Å². The van der Waals surface area contributed by atoms with Gasteiger partial charge in [0.15, 0.2) is 11.5 Å². The van der Waals surface area contributed by atoms with Crippen LogP contribution in [-0.2, 0) is 11.4 Å². The van der Waals surface area contributed by atoms with E-state index in [1.807, 2.05) is 30.3 Å². The molecule has 0 bridgehead atoms. The minimum Gasteiger partial charge on any atom is -0.493 e. The van der Waals surface area contributed by atoms with Gasteiger partial charge in [-0.2, -0.15) is 0 Å². The molecule has 1 amide bonds. The van der Waals surface area contributed by atoms with E-state index in [-0.39, 0.29) is 12.0 Å². The summed E-state index contributed by atoms with van der Waals surface area (Å²) in [6.07, 6.45) is 0.237. The standard InChI is InChI=1S/C21H25NO6/c1-5-21(2,20(24)25)22-19(23)15-11-16(26-3)18(17(12-15)27-4)28-13-14-9-7-6-8-10-14/h6-12H,5,13H2,1-4H3,(H,22,23)(H,24,25). The molecule has 0 saturated carbocycles. The van der Waals surface area contributed by atoms with Crippen LogP contribution in [0.25, 0.3) is 0 Å². The van der Waals surface area contributed by atoms with E-state index in [9.17, 15) is 14.7 Å². The number of benzene rings is 2. The lowest BCUT2D eigenvalue weighted by molar-refractivity contribution is -0.143. The second kappa shape index (κ2) is 9.12. The van der Waals surface area contributed by atoms with Crippen LogP contribution in [0.1, 0.15) is 36.2 Å². The second-order valence-corrected chi connectivity index (χ2v) is 6.43. The van der Waals surface area contributed by atoms with Crippen LogP contribution in [0.3, 0.4) is 0 Å². The number of carboxylic acids is 1. The third-order valence-electron chi connectivity index (χ3n) is 4.52. The summed E-state index contributed by atoms with van der Waals surface area (Å²) in [4.78, 5) is 24.1. The molecule has 0 radical (unpaired) electrons. The summed E-state index contributed by atoms with van der Waals surface area (Å²) in [5, 5.41) is 11.9. The number of nitrogens with one attached hydrogen (secondary N) is 1. The van der Waals surface area contributed by atoms with Crippen LogP contribution in [0.4, 0.5) is 0 Å². The summed E-state index contributed by atoms with van der Waals surface area (Å²) in [5.41, 5.74) is -0.199. The normalized spacial score (nSPS) is 12.6. The molecular formula is C21H25NO6. The molecule has 1 unspecified atom stereocenters. The third kappa shape index (κ3) is 4.73. The maximum atomic E-state index is 12.6. The molecule has 0 aliphatic rings. The topological polar surface area (TPSA) is 94.1 Å². The molecular weight excluding hydrogens is 362 g/mol. The van der Waals surface area contributed by atoms with Crippen molar-refractivity contribution in [3.05, 3.63) is 53.6 Å². The fraction of sp³-hybridized carbons (Fsp3) is 0.333. The van der Waals surface area contributed by atoms with Gasteiger partial charge in [0.1, 0.15) is 12.1 Å². The average molecular weight is 387 g/mol. The highest BCUT2D eigenvalue weighted by atomic mass is 16.5. The monoisotopic (exact) mass is 387 g/mol. The molecule has 7 nitrogen and oxygen atoms in total. The van der Waals surface area contributed by atoms with Crippen molar-refractivity contribution in [2.45, 2.75) is 32.4 Å². The van der Waals surface area contributed by atoms with Crippen molar-refractivity contribution in [3.8, 4) is 17.2 Å². The Kier molecular flexibility index (Phi) is 6.87. The van der Waals surface area contributed by atoms with Gasteiger partial charge in [0.05, 0.1) is 14.2 Å². The van der Waals surface area contributed by atoms with Gasteiger partial charge in [-0.15, -0.1) is 0 Å². The van der Waals surface area contributed by atoms with Crippen molar-refractivity contribution < 1.29 is 28.9 Å². The number of carbonyl (C=O) groups excluding carboxylic acids is 1. The predicted octanol–water partition coefficient (Wildman–Crippen LogP) is 3.27. The van der Waals surface area contributed by atoms with E-state index in [0.29, 0.717) is 23.9 Å². The van der Waals surface area contributed by atoms with E-state index in [2.05, 4.69) is 5.32 Å². The number of amides is 1. The third-order valence-corrected chi connectivity index (χ3v) is 4.52. The number of rotatable bonds is 9. The van der Waals surface area contributed by atoms with Crippen LogP contribution in [-0.4, -0.2) is 36.7 Å². The quantitative estimate of drug-likeness (QED) is 0.686. The molecule has 150 valence electrons. The Morgan fingerprint density at radius 2 is 1.64 bits per heavy atom. The summed E-state index contributed by atoms with van der Waals surface area (Å²) in [5.74, 6) is -0.659. The van der Waals surface area contributed by atoms with Crippen LogP contribution in [0.5, 0.6) is 17.2 Å². The Morgan fingerprint density at radius 3 is 2.11 bits per heavy atom. The van der Waals surface area contributed by atoms with Gasteiger partial charge >= 0.3 is 5.97 Å². The molecule has 2 aromatic rings. The van der Waals surface area contributed by atoms with Crippen LogP contribution >= 0.6 is 0 Å². The molecule has 2 N–H and O–H groups in total. The van der Waals surface area contributed by atoms with Crippen molar-refractivity contribution in [1.29, 1.82) is 0 Å². The van der Waals surface area contributed by atoms with Gasteiger partial charge in [0, 0.05) is 5.56 Å². The minimum atomic E-state index is -1.37. The largest absolute Gasteiger partial charge is 0.493 e. The molecule has 1 atom stereocenters. The van der Waals surface area contributed by atoms with E-state index in [1.54, 1.807) is 6.92 Å². The van der Waals surface area contributed by atoms with Crippen LogP contribution in [0.2, 0.25) is 0 Å². The number of ether oxygens (including phenoxy) is 3. The molecule has 7 heteroatoms. The number of carboxylic acid groups (broad SMARTS) is 1. The number of methoxy groups -OCH3 is 2. The Labute approximate surface area is 164 Å². The molecule has 2 rings (SSSR count). The highest BCUT2D eigenvalue weighted by Crippen LogP contribution is 2.39. The van der Waals surface area contributed by atoms with E-state index in [4.69, 9.17) is 14.2 Å². The Bertz CT molecular complexity index is 811. The zero-order chi connectivity index (χ0) is 20.7. The SMILES string of the molecule is CCC(C)(NC(=O)c1cc(OC)c(OCc2ccccc2)c(OC)c1)C(=O)O. The maximum absolute atomic E-state index is 12.6. The molecule has 28 heavy (non-hydrogen) atoms. The summed E-state index contributed by atoms with van der Waals surface area (Å²) in [7, 11) is 2.92. The van der Waals surface area contributed by atoms with Crippen LogP contribution in [0, 0.1) is 0 Å². The first-order valence-corrected chi connectivity index (χ1v) is 8.83. The van der Waals surface area contributed by atoms with E-state index in [0.717, 1.165) is 5.56 Å². The molecule has 0 heterocycles. The Balaban J connectivity index is 2.31. The van der Waals surface area contributed by atoms with Gasteiger partial charge in [0.25, 0.3) is 5.91 Å². The fourth-order valence-electron chi connectivity index (χ4n) is 2.50. The lowest BCUT2D eigenvalue weighted by Gasteiger charge is -2.25. The number of hydrogen-bond acceptors (Lipinski definition) is 5.